The monoisotopic (exact) mass is 488 g/mol. The van der Waals surface area contributed by atoms with Crippen LogP contribution in [0.15, 0.2) is 71.6 Å². The normalized spacial score (nSPS) is 18.4. The van der Waals surface area contributed by atoms with Crippen molar-refractivity contribution in [1.29, 1.82) is 0 Å². The van der Waals surface area contributed by atoms with Crippen molar-refractivity contribution < 1.29 is 17.7 Å². The summed E-state index contributed by atoms with van der Waals surface area (Å²) < 4.78 is 35.3. The van der Waals surface area contributed by atoms with Gasteiger partial charge in [0.1, 0.15) is 11.4 Å². The predicted octanol–water partition coefficient (Wildman–Crippen LogP) is 5.13. The molecule has 1 heterocycles. The van der Waals surface area contributed by atoms with Crippen molar-refractivity contribution in [1.82, 2.24) is 5.32 Å². The van der Waals surface area contributed by atoms with Crippen molar-refractivity contribution in [3.63, 3.8) is 0 Å². The minimum absolute atomic E-state index is 0.0666. The quantitative estimate of drug-likeness (QED) is 0.347. The molecule has 4 N–H and O–H groups in total. The van der Waals surface area contributed by atoms with Crippen molar-refractivity contribution in [2.75, 3.05) is 6.61 Å². The first-order valence-electron chi connectivity index (χ1n) is 10.6. The van der Waals surface area contributed by atoms with Gasteiger partial charge in [0.15, 0.2) is 0 Å². The number of nitrogens with one attached hydrogen (secondary N) is 1. The van der Waals surface area contributed by atoms with Gasteiger partial charge in [-0.1, -0.05) is 65.7 Å². The molecule has 0 spiro atoms. The first-order valence-corrected chi connectivity index (χ1v) is 12.4. The minimum Gasteiger partial charge on any atom is -0.491 e. The third-order valence-corrected chi connectivity index (χ3v) is 6.76. The van der Waals surface area contributed by atoms with Gasteiger partial charge in [-0.25, -0.2) is 0 Å². The lowest BCUT2D eigenvalue weighted by atomic mass is 9.88. The highest BCUT2D eigenvalue weighted by Crippen LogP contribution is 2.41. The van der Waals surface area contributed by atoms with Gasteiger partial charge in [0.2, 0.25) is 0 Å². The lowest BCUT2D eigenvalue weighted by Gasteiger charge is -2.40. The van der Waals surface area contributed by atoms with E-state index >= 15 is 0 Å². The van der Waals surface area contributed by atoms with E-state index in [1.54, 1.807) is 12.1 Å². The highest BCUT2D eigenvalue weighted by atomic mass is 35.5. The lowest BCUT2D eigenvalue weighted by molar-refractivity contribution is 0.176. The van der Waals surface area contributed by atoms with Crippen molar-refractivity contribution in [2.45, 2.75) is 43.8 Å². The van der Waals surface area contributed by atoms with Gasteiger partial charge in [-0.15, -0.1) is 0 Å². The molecule has 0 radical (unpaired) electrons. The molecule has 33 heavy (non-hydrogen) atoms. The molecule has 0 amide bonds. The number of fused-ring (bicyclic) bond motifs is 1. The number of halogens is 1. The smallest absolute Gasteiger partial charge is 0.294 e. The largest absolute Gasteiger partial charge is 0.491 e. The average molecular weight is 489 g/mol. The van der Waals surface area contributed by atoms with Crippen LogP contribution in [-0.2, 0) is 15.8 Å². The summed E-state index contributed by atoms with van der Waals surface area (Å²) in [6.07, 6.45) is 0.707. The third kappa shape index (κ3) is 6.13. The van der Waals surface area contributed by atoms with Gasteiger partial charge in [-0.05, 0) is 50.1 Å². The lowest BCUT2D eigenvalue weighted by Crippen LogP contribution is -2.54. The van der Waals surface area contributed by atoms with Crippen molar-refractivity contribution in [2.24, 2.45) is 5.73 Å². The molecule has 8 heteroatoms. The summed E-state index contributed by atoms with van der Waals surface area (Å²) in [6.45, 7) is 6.56. The molecule has 3 aromatic carbocycles. The van der Waals surface area contributed by atoms with E-state index in [-0.39, 0.29) is 10.9 Å². The molecule has 4 rings (SSSR count). The molecule has 0 aromatic heterocycles. The van der Waals surface area contributed by atoms with E-state index in [4.69, 9.17) is 26.6 Å². The van der Waals surface area contributed by atoms with Crippen molar-refractivity contribution in [3.8, 4) is 5.75 Å². The second kappa shape index (κ2) is 10.2. The van der Waals surface area contributed by atoms with E-state index in [2.05, 4.69) is 24.4 Å². The van der Waals surface area contributed by atoms with E-state index in [1.807, 2.05) is 44.2 Å². The molecule has 0 bridgehead atoms. The van der Waals surface area contributed by atoms with Crippen LogP contribution < -0.4 is 15.8 Å². The summed E-state index contributed by atoms with van der Waals surface area (Å²) in [4.78, 5) is -0.0666. The number of ether oxygens (including phenoxy) is 1. The molecule has 1 aliphatic rings. The van der Waals surface area contributed by atoms with E-state index in [0.29, 0.717) is 23.8 Å². The van der Waals surface area contributed by atoms with Gasteiger partial charge in [0.05, 0.1) is 16.5 Å². The second-order valence-electron chi connectivity index (χ2n) is 8.20. The summed E-state index contributed by atoms with van der Waals surface area (Å²) in [5.41, 5.74) is 10.3. The molecule has 176 valence electrons. The molecule has 3 aromatic rings. The summed E-state index contributed by atoms with van der Waals surface area (Å²) in [5, 5.41) is 4.19. The van der Waals surface area contributed by atoms with Gasteiger partial charge < -0.3 is 10.5 Å². The molecule has 6 nitrogen and oxygen atoms in total. The first-order chi connectivity index (χ1) is 15.5. The molecule has 0 unspecified atom stereocenters. The Kier molecular flexibility index (Phi) is 7.82. The Balaban J connectivity index is 0.000000235. The van der Waals surface area contributed by atoms with Crippen LogP contribution in [0.4, 0.5) is 0 Å². The maximum absolute atomic E-state index is 10.5. The fourth-order valence-electron chi connectivity index (χ4n) is 3.86. The molecule has 0 saturated heterocycles. The zero-order valence-electron chi connectivity index (χ0n) is 18.9. The molecule has 0 fully saturated rings. The summed E-state index contributed by atoms with van der Waals surface area (Å²) >= 11 is 6.29. The van der Waals surface area contributed by atoms with Crippen molar-refractivity contribution >= 4 is 21.7 Å². The SMILES string of the molecule is Cc1ccc(Cl)c2c1[C@@](N)(N[C@@H](C)c1ccccc1)CCO2.Cc1ccc(S(=O)(=O)O)cc1. The molecule has 0 aliphatic carbocycles. The predicted molar refractivity (Wildman–Crippen MR) is 131 cm³/mol. The van der Waals surface area contributed by atoms with Gasteiger partial charge >= 0.3 is 0 Å². The Morgan fingerprint density at radius 2 is 1.70 bits per heavy atom. The Morgan fingerprint density at radius 1 is 1.06 bits per heavy atom. The highest BCUT2D eigenvalue weighted by molar-refractivity contribution is 7.85. The van der Waals surface area contributed by atoms with E-state index in [9.17, 15) is 8.42 Å². The Bertz CT molecular complexity index is 1200. The van der Waals surface area contributed by atoms with Crippen LogP contribution in [0.1, 0.15) is 41.6 Å². The number of hydrogen-bond acceptors (Lipinski definition) is 5. The molecular formula is C25H29ClN2O4S. The molecule has 0 saturated carbocycles. The zero-order chi connectivity index (χ0) is 24.2. The van der Waals surface area contributed by atoms with Gasteiger partial charge in [-0.2, -0.15) is 8.42 Å². The average Bonchev–Trinajstić information content (AvgIpc) is 2.77. The molecular weight excluding hydrogens is 460 g/mol. The second-order valence-corrected chi connectivity index (χ2v) is 10.0. The third-order valence-electron chi connectivity index (χ3n) is 5.60. The van der Waals surface area contributed by atoms with Crippen LogP contribution in [-0.4, -0.2) is 19.6 Å². The maximum atomic E-state index is 10.5. The van der Waals surface area contributed by atoms with Gasteiger partial charge in [0.25, 0.3) is 10.1 Å². The molecule has 2 atom stereocenters. The number of nitrogens with two attached hydrogens (primary N) is 1. The standard InChI is InChI=1S/C18H21ClN2O.C7H8O3S/c1-12-8-9-15(19)17-16(12)18(20,10-11-22-17)21-13(2)14-6-4-3-5-7-14;1-6-2-4-7(5-3-6)11(8,9)10/h3-9,13,21H,10-11,20H2,1-2H3;2-5H,1H3,(H,8,9,10)/t13-,18-;/m0./s1. The Morgan fingerprint density at radius 3 is 2.30 bits per heavy atom. The fraction of sp³-hybridized carbons (Fsp3) is 0.280. The fourth-order valence-corrected chi connectivity index (χ4v) is 4.55. The van der Waals surface area contributed by atoms with E-state index < -0.39 is 15.8 Å². The minimum atomic E-state index is -4.02. The van der Waals surface area contributed by atoms with Crippen LogP contribution in [0.25, 0.3) is 0 Å². The van der Waals surface area contributed by atoms with Crippen LogP contribution in [0.5, 0.6) is 5.75 Å². The van der Waals surface area contributed by atoms with Crippen molar-refractivity contribution in [3.05, 3.63) is 94.0 Å². The summed E-state index contributed by atoms with van der Waals surface area (Å²) in [6, 6.07) is 20.3. The highest BCUT2D eigenvalue weighted by Gasteiger charge is 2.37. The maximum Gasteiger partial charge on any atom is 0.294 e. The first kappa shape index (κ1) is 25.2. The van der Waals surface area contributed by atoms with Crippen LogP contribution in [0.2, 0.25) is 5.02 Å². The zero-order valence-corrected chi connectivity index (χ0v) is 20.5. The van der Waals surface area contributed by atoms with Crippen LogP contribution >= 0.6 is 11.6 Å². The summed E-state index contributed by atoms with van der Waals surface area (Å²) in [7, 11) is -4.02. The van der Waals surface area contributed by atoms with Crippen LogP contribution in [0.3, 0.4) is 0 Å². The number of benzene rings is 3. The van der Waals surface area contributed by atoms with E-state index in [0.717, 1.165) is 16.7 Å². The number of hydrogen-bond donors (Lipinski definition) is 3. The number of aryl methyl sites for hydroxylation is 2. The summed E-state index contributed by atoms with van der Waals surface area (Å²) in [5.74, 6) is 0.711. The topological polar surface area (TPSA) is 102 Å². The van der Waals surface area contributed by atoms with Gasteiger partial charge in [-0.3, -0.25) is 9.87 Å². The Labute approximate surface area is 200 Å². The molecule has 1 aliphatic heterocycles. The van der Waals surface area contributed by atoms with E-state index in [1.165, 1.54) is 17.7 Å². The Hall–Kier alpha value is -2.42. The number of rotatable bonds is 4. The van der Waals surface area contributed by atoms with Gasteiger partial charge in [0, 0.05) is 18.0 Å². The van der Waals surface area contributed by atoms with Crippen LogP contribution in [0, 0.1) is 13.8 Å².